The number of aromatic nitrogens is 3. The average molecular weight is 527 g/mol. The van der Waals surface area contributed by atoms with Gasteiger partial charge in [-0.1, -0.05) is 42.0 Å². The van der Waals surface area contributed by atoms with E-state index < -0.39 is 10.0 Å². The zero-order chi connectivity index (χ0) is 25.7. The van der Waals surface area contributed by atoms with Crippen molar-refractivity contribution in [3.63, 3.8) is 0 Å². The zero-order valence-corrected chi connectivity index (χ0v) is 22.2. The van der Waals surface area contributed by atoms with Gasteiger partial charge in [0.2, 0.25) is 5.95 Å². The summed E-state index contributed by atoms with van der Waals surface area (Å²) in [6.07, 6.45) is 11.8. The summed E-state index contributed by atoms with van der Waals surface area (Å²) in [6.45, 7) is 1.80. The van der Waals surface area contributed by atoms with Gasteiger partial charge in [-0.15, -0.1) is 0 Å². The lowest BCUT2D eigenvalue weighted by Crippen LogP contribution is -2.36. The summed E-state index contributed by atoms with van der Waals surface area (Å²) in [4.78, 5) is 15.7. The minimum Gasteiger partial charge on any atom is -0.351 e. The first kappa shape index (κ1) is 26.1. The van der Waals surface area contributed by atoms with Crippen molar-refractivity contribution in [3.8, 4) is 0 Å². The Labute approximate surface area is 217 Å². The van der Waals surface area contributed by atoms with Crippen LogP contribution in [-0.2, 0) is 10.0 Å². The summed E-state index contributed by atoms with van der Waals surface area (Å²) >= 11 is 6.36. The molecule has 0 radical (unpaired) electrons. The molecule has 1 saturated carbocycles. The van der Waals surface area contributed by atoms with E-state index in [1.165, 1.54) is 25.0 Å². The predicted molar refractivity (Wildman–Crippen MR) is 146 cm³/mol. The van der Waals surface area contributed by atoms with E-state index in [2.05, 4.69) is 44.0 Å². The Morgan fingerprint density at radius 1 is 1.03 bits per heavy atom. The second kappa shape index (κ2) is 11.4. The van der Waals surface area contributed by atoms with Crippen molar-refractivity contribution in [1.29, 1.82) is 0 Å². The molecule has 0 amide bonds. The molecule has 1 aliphatic rings. The maximum Gasteiger partial charge on any atom is 0.263 e. The number of sulfonamides is 1. The number of nitrogens with zero attached hydrogens (tertiary/aromatic N) is 4. The van der Waals surface area contributed by atoms with E-state index in [-0.39, 0.29) is 15.7 Å². The smallest absolute Gasteiger partial charge is 0.263 e. The largest absolute Gasteiger partial charge is 0.351 e. The highest BCUT2D eigenvalue weighted by Crippen LogP contribution is 2.27. The van der Waals surface area contributed by atoms with E-state index >= 15 is 0 Å². The van der Waals surface area contributed by atoms with Crippen molar-refractivity contribution < 1.29 is 8.42 Å². The Kier molecular flexibility index (Phi) is 8.23. The summed E-state index contributed by atoms with van der Waals surface area (Å²) in [7, 11) is 0.498. The Bertz CT molecular complexity index is 1310. The highest BCUT2D eigenvalue weighted by atomic mass is 35.5. The van der Waals surface area contributed by atoms with Crippen LogP contribution >= 0.6 is 11.6 Å². The average Bonchev–Trinajstić information content (AvgIpc) is 2.87. The van der Waals surface area contributed by atoms with E-state index in [0.717, 1.165) is 24.0 Å². The third-order valence-corrected chi connectivity index (χ3v) is 8.02. The molecule has 8 nitrogen and oxygen atoms in total. The van der Waals surface area contributed by atoms with Crippen molar-refractivity contribution in [2.24, 2.45) is 0 Å². The first-order valence-corrected chi connectivity index (χ1v) is 13.8. The fourth-order valence-corrected chi connectivity index (χ4v) is 5.53. The SMILES string of the molecule is Cc1nc(NS(=O)(=O)c2ccccc2)c(Cl)cc1/C=C/c1cnc(NC2CCC(N(C)C)CC2)nc1. The normalized spacial score (nSPS) is 18.5. The molecule has 1 aliphatic carbocycles. The number of hydrogen-bond donors (Lipinski definition) is 2. The number of nitrogens with one attached hydrogen (secondary N) is 2. The van der Waals surface area contributed by atoms with Gasteiger partial charge in [0.1, 0.15) is 0 Å². The lowest BCUT2D eigenvalue weighted by Gasteiger charge is -2.32. The number of hydrogen-bond acceptors (Lipinski definition) is 7. The van der Waals surface area contributed by atoms with Crippen LogP contribution in [0.5, 0.6) is 0 Å². The molecule has 4 rings (SSSR count). The molecule has 1 fully saturated rings. The third-order valence-electron chi connectivity index (χ3n) is 6.38. The second-order valence-electron chi connectivity index (χ2n) is 9.20. The van der Waals surface area contributed by atoms with Gasteiger partial charge < -0.3 is 10.2 Å². The van der Waals surface area contributed by atoms with Gasteiger partial charge in [-0.05, 0) is 70.5 Å². The number of pyridine rings is 1. The molecule has 190 valence electrons. The lowest BCUT2D eigenvalue weighted by molar-refractivity contribution is 0.221. The summed E-state index contributed by atoms with van der Waals surface area (Å²) in [5.74, 6) is 0.727. The Balaban J connectivity index is 1.39. The summed E-state index contributed by atoms with van der Waals surface area (Å²) < 4.78 is 27.7. The minimum atomic E-state index is -3.78. The van der Waals surface area contributed by atoms with Gasteiger partial charge >= 0.3 is 0 Å². The topological polar surface area (TPSA) is 100 Å². The minimum absolute atomic E-state index is 0.0912. The van der Waals surface area contributed by atoms with E-state index in [0.29, 0.717) is 23.7 Å². The quantitative estimate of drug-likeness (QED) is 0.421. The molecule has 0 bridgehead atoms. The van der Waals surface area contributed by atoms with Crippen molar-refractivity contribution in [2.45, 2.75) is 49.6 Å². The molecule has 36 heavy (non-hydrogen) atoms. The Morgan fingerprint density at radius 3 is 2.33 bits per heavy atom. The number of rotatable bonds is 8. The van der Waals surface area contributed by atoms with Gasteiger partial charge in [0.15, 0.2) is 5.82 Å². The lowest BCUT2D eigenvalue weighted by atomic mass is 9.91. The second-order valence-corrected chi connectivity index (χ2v) is 11.3. The van der Waals surface area contributed by atoms with Gasteiger partial charge in [-0.3, -0.25) is 4.72 Å². The van der Waals surface area contributed by atoms with Crippen molar-refractivity contribution in [3.05, 3.63) is 70.6 Å². The van der Waals surface area contributed by atoms with Gasteiger partial charge in [0, 0.05) is 35.7 Å². The Morgan fingerprint density at radius 2 is 1.69 bits per heavy atom. The van der Waals surface area contributed by atoms with Crippen molar-refractivity contribution in [2.75, 3.05) is 24.1 Å². The van der Waals surface area contributed by atoms with E-state index in [4.69, 9.17) is 11.6 Å². The standard InChI is InChI=1S/C26H31ClN6O2S/c1-18-20(15-24(27)25(30-18)32-36(34,35)23-7-5-4-6-8-23)10-9-19-16-28-26(29-17-19)31-21-11-13-22(14-12-21)33(2)3/h4-10,15-17,21-22H,11-14H2,1-3H3,(H,30,32)(H,28,29,31)/b10-9+. The van der Waals surface area contributed by atoms with Crippen molar-refractivity contribution in [1.82, 2.24) is 19.9 Å². The van der Waals surface area contributed by atoms with E-state index in [9.17, 15) is 8.42 Å². The summed E-state index contributed by atoms with van der Waals surface area (Å²) in [5, 5.41) is 3.65. The molecule has 2 heterocycles. The van der Waals surface area contributed by atoms with Gasteiger partial charge in [-0.2, -0.15) is 0 Å². The molecule has 0 spiro atoms. The summed E-state index contributed by atoms with van der Waals surface area (Å²) in [5.41, 5.74) is 2.23. The zero-order valence-electron chi connectivity index (χ0n) is 20.6. The third kappa shape index (κ3) is 6.60. The fraction of sp³-hybridized carbons (Fsp3) is 0.346. The molecular formula is C26H31ClN6O2S. The monoisotopic (exact) mass is 526 g/mol. The molecule has 1 aromatic carbocycles. The van der Waals surface area contributed by atoms with Gasteiger partial charge in [0.05, 0.1) is 9.92 Å². The van der Waals surface area contributed by atoms with Crippen LogP contribution in [0.4, 0.5) is 11.8 Å². The number of aryl methyl sites for hydroxylation is 1. The molecule has 2 aromatic heterocycles. The maximum atomic E-state index is 12.6. The molecule has 0 saturated heterocycles. The van der Waals surface area contributed by atoms with Gasteiger partial charge in [-0.25, -0.2) is 23.4 Å². The molecular weight excluding hydrogens is 496 g/mol. The molecule has 10 heteroatoms. The highest BCUT2D eigenvalue weighted by molar-refractivity contribution is 7.92. The molecule has 2 N–H and O–H groups in total. The predicted octanol–water partition coefficient (Wildman–Crippen LogP) is 5.09. The van der Waals surface area contributed by atoms with Crippen LogP contribution in [0.1, 0.15) is 42.5 Å². The van der Waals surface area contributed by atoms with Crippen LogP contribution in [0.25, 0.3) is 12.2 Å². The molecule has 0 aliphatic heterocycles. The van der Waals surface area contributed by atoms with Crippen LogP contribution < -0.4 is 10.0 Å². The molecule has 3 aromatic rings. The van der Waals surface area contributed by atoms with Crippen LogP contribution in [0.3, 0.4) is 0 Å². The number of benzene rings is 1. The molecule has 0 atom stereocenters. The Hall–Kier alpha value is -3.01. The van der Waals surface area contributed by atoms with Gasteiger partial charge in [0.25, 0.3) is 10.0 Å². The highest BCUT2D eigenvalue weighted by Gasteiger charge is 2.22. The van der Waals surface area contributed by atoms with Crippen LogP contribution in [-0.4, -0.2) is 54.4 Å². The van der Waals surface area contributed by atoms with E-state index in [1.54, 1.807) is 43.6 Å². The van der Waals surface area contributed by atoms with Crippen LogP contribution in [0, 0.1) is 6.92 Å². The maximum absolute atomic E-state index is 12.6. The van der Waals surface area contributed by atoms with Crippen LogP contribution in [0.2, 0.25) is 5.02 Å². The van der Waals surface area contributed by atoms with E-state index in [1.807, 2.05) is 12.2 Å². The van der Waals surface area contributed by atoms with Crippen molar-refractivity contribution >= 4 is 45.5 Å². The van der Waals surface area contributed by atoms with Crippen LogP contribution in [0.15, 0.2) is 53.7 Å². The molecule has 0 unspecified atom stereocenters. The fourth-order valence-electron chi connectivity index (χ4n) is 4.22. The number of anilines is 2. The first-order chi connectivity index (χ1) is 17.2. The number of halogens is 1. The summed E-state index contributed by atoms with van der Waals surface area (Å²) in [6, 6.07) is 10.8. The first-order valence-electron chi connectivity index (χ1n) is 11.9.